The van der Waals surface area contributed by atoms with E-state index in [1.807, 2.05) is 19.1 Å². The quantitative estimate of drug-likeness (QED) is 0.807. The first-order valence-electron chi connectivity index (χ1n) is 6.44. The van der Waals surface area contributed by atoms with Crippen molar-refractivity contribution in [3.63, 3.8) is 0 Å². The molecule has 0 spiro atoms. The molecule has 1 unspecified atom stereocenters. The SMILES string of the molecule is CC(C)c1ccc(C(=O)C(C)C2CNC2)cc1. The lowest BCUT2D eigenvalue weighted by atomic mass is 9.83. The Morgan fingerprint density at radius 3 is 2.18 bits per heavy atom. The van der Waals surface area contributed by atoms with Crippen LogP contribution in [0, 0.1) is 11.8 Å². The second-order valence-corrected chi connectivity index (χ2v) is 5.35. The Labute approximate surface area is 103 Å². The minimum Gasteiger partial charge on any atom is -0.316 e. The van der Waals surface area contributed by atoms with E-state index in [4.69, 9.17) is 0 Å². The van der Waals surface area contributed by atoms with Crippen molar-refractivity contribution in [2.45, 2.75) is 26.7 Å². The first-order chi connectivity index (χ1) is 8.09. The summed E-state index contributed by atoms with van der Waals surface area (Å²) in [6, 6.07) is 8.09. The van der Waals surface area contributed by atoms with Gasteiger partial charge in [0.25, 0.3) is 0 Å². The van der Waals surface area contributed by atoms with Crippen LogP contribution in [0.25, 0.3) is 0 Å². The van der Waals surface area contributed by atoms with Crippen molar-refractivity contribution >= 4 is 5.78 Å². The van der Waals surface area contributed by atoms with Gasteiger partial charge in [-0.3, -0.25) is 4.79 Å². The first-order valence-corrected chi connectivity index (χ1v) is 6.44. The molecule has 0 aliphatic carbocycles. The third-order valence-corrected chi connectivity index (χ3v) is 3.80. The second kappa shape index (κ2) is 5.01. The minimum atomic E-state index is 0.140. The molecule has 0 radical (unpaired) electrons. The van der Waals surface area contributed by atoms with Crippen LogP contribution in [0.4, 0.5) is 0 Å². The van der Waals surface area contributed by atoms with E-state index in [0.717, 1.165) is 18.7 Å². The van der Waals surface area contributed by atoms with Crippen LogP contribution in [0.3, 0.4) is 0 Å². The van der Waals surface area contributed by atoms with Crippen LogP contribution in [-0.2, 0) is 0 Å². The van der Waals surface area contributed by atoms with Gasteiger partial charge < -0.3 is 5.32 Å². The summed E-state index contributed by atoms with van der Waals surface area (Å²) in [7, 11) is 0. The highest BCUT2D eigenvalue weighted by molar-refractivity contribution is 5.97. The van der Waals surface area contributed by atoms with E-state index in [-0.39, 0.29) is 11.7 Å². The summed E-state index contributed by atoms with van der Waals surface area (Å²) in [5.41, 5.74) is 2.15. The predicted octanol–water partition coefficient (Wildman–Crippen LogP) is 2.85. The van der Waals surface area contributed by atoms with Crippen LogP contribution < -0.4 is 5.32 Å². The summed E-state index contributed by atoms with van der Waals surface area (Å²) in [6.07, 6.45) is 0. The molecule has 17 heavy (non-hydrogen) atoms. The minimum absolute atomic E-state index is 0.140. The van der Waals surface area contributed by atoms with Crippen LogP contribution in [0.15, 0.2) is 24.3 Å². The van der Waals surface area contributed by atoms with Crippen LogP contribution in [0.5, 0.6) is 0 Å². The fourth-order valence-corrected chi connectivity index (χ4v) is 2.17. The third-order valence-electron chi connectivity index (χ3n) is 3.80. The number of carbonyl (C=O) groups is 1. The number of carbonyl (C=O) groups excluding carboxylic acids is 1. The Bertz CT molecular complexity index is 390. The first kappa shape index (κ1) is 12.3. The van der Waals surface area contributed by atoms with Gasteiger partial charge in [0.1, 0.15) is 0 Å². The molecule has 1 aliphatic rings. The molecule has 1 heterocycles. The molecule has 2 rings (SSSR count). The number of hydrogen-bond acceptors (Lipinski definition) is 2. The van der Waals surface area contributed by atoms with Gasteiger partial charge in [0.2, 0.25) is 0 Å². The van der Waals surface area contributed by atoms with Crippen LogP contribution in [0.1, 0.15) is 42.6 Å². The van der Waals surface area contributed by atoms with E-state index in [1.54, 1.807) is 0 Å². The number of Topliss-reactive ketones (excluding diaryl/α,β-unsaturated/α-hetero) is 1. The maximum atomic E-state index is 12.2. The molecule has 1 aromatic carbocycles. The van der Waals surface area contributed by atoms with E-state index in [0.29, 0.717) is 11.8 Å². The molecule has 0 aromatic heterocycles. The standard InChI is InChI=1S/C15H21NO/c1-10(2)12-4-6-13(7-5-12)15(17)11(3)14-8-16-9-14/h4-7,10-11,14,16H,8-9H2,1-3H3. The molecule has 92 valence electrons. The Morgan fingerprint density at radius 1 is 1.18 bits per heavy atom. The van der Waals surface area contributed by atoms with Crippen molar-refractivity contribution in [1.29, 1.82) is 0 Å². The number of rotatable bonds is 4. The lowest BCUT2D eigenvalue weighted by Gasteiger charge is -2.31. The summed E-state index contributed by atoms with van der Waals surface area (Å²) >= 11 is 0. The zero-order valence-corrected chi connectivity index (χ0v) is 10.9. The van der Waals surface area contributed by atoms with Gasteiger partial charge in [0.05, 0.1) is 0 Å². The number of benzene rings is 1. The van der Waals surface area contributed by atoms with Crippen molar-refractivity contribution < 1.29 is 4.79 Å². The van der Waals surface area contributed by atoms with Gasteiger partial charge >= 0.3 is 0 Å². The van der Waals surface area contributed by atoms with E-state index >= 15 is 0 Å². The molecule has 0 saturated carbocycles. The summed E-state index contributed by atoms with van der Waals surface area (Å²) in [4.78, 5) is 12.2. The highest BCUT2D eigenvalue weighted by Crippen LogP contribution is 2.22. The topological polar surface area (TPSA) is 29.1 Å². The van der Waals surface area contributed by atoms with Crippen LogP contribution in [0.2, 0.25) is 0 Å². The summed E-state index contributed by atoms with van der Waals surface area (Å²) in [5.74, 6) is 1.47. The van der Waals surface area contributed by atoms with E-state index in [2.05, 4.69) is 31.3 Å². The number of hydrogen-bond donors (Lipinski definition) is 1. The van der Waals surface area contributed by atoms with Gasteiger partial charge in [-0.15, -0.1) is 0 Å². The summed E-state index contributed by atoms with van der Waals surface area (Å²) < 4.78 is 0. The largest absolute Gasteiger partial charge is 0.316 e. The van der Waals surface area contributed by atoms with Crippen molar-refractivity contribution in [3.8, 4) is 0 Å². The predicted molar refractivity (Wildman–Crippen MR) is 70.4 cm³/mol. The van der Waals surface area contributed by atoms with E-state index in [9.17, 15) is 4.79 Å². The molecular formula is C15H21NO. The average molecular weight is 231 g/mol. The molecule has 2 nitrogen and oxygen atoms in total. The van der Waals surface area contributed by atoms with Crippen molar-refractivity contribution in [2.75, 3.05) is 13.1 Å². The molecule has 1 aliphatic heterocycles. The molecule has 1 fully saturated rings. The van der Waals surface area contributed by atoms with Gasteiger partial charge in [-0.25, -0.2) is 0 Å². The van der Waals surface area contributed by atoms with Crippen molar-refractivity contribution in [3.05, 3.63) is 35.4 Å². The Balaban J connectivity index is 2.08. The molecule has 1 saturated heterocycles. The fourth-order valence-electron chi connectivity index (χ4n) is 2.17. The van der Waals surface area contributed by atoms with E-state index < -0.39 is 0 Å². The van der Waals surface area contributed by atoms with Gasteiger partial charge in [0.15, 0.2) is 5.78 Å². The second-order valence-electron chi connectivity index (χ2n) is 5.35. The summed E-state index contributed by atoms with van der Waals surface area (Å²) in [5, 5.41) is 3.22. The molecule has 1 atom stereocenters. The summed E-state index contributed by atoms with van der Waals surface area (Å²) in [6.45, 7) is 8.34. The smallest absolute Gasteiger partial charge is 0.166 e. The van der Waals surface area contributed by atoms with Gasteiger partial charge in [-0.1, -0.05) is 45.0 Å². The Morgan fingerprint density at radius 2 is 1.76 bits per heavy atom. The normalized spacial score (nSPS) is 17.9. The maximum Gasteiger partial charge on any atom is 0.166 e. The maximum absolute atomic E-state index is 12.2. The number of ketones is 1. The van der Waals surface area contributed by atoms with Crippen molar-refractivity contribution in [1.82, 2.24) is 5.32 Å². The van der Waals surface area contributed by atoms with Crippen LogP contribution >= 0.6 is 0 Å². The zero-order chi connectivity index (χ0) is 12.4. The van der Waals surface area contributed by atoms with Gasteiger partial charge in [-0.05, 0) is 30.5 Å². The lowest BCUT2D eigenvalue weighted by molar-refractivity contribution is 0.0854. The van der Waals surface area contributed by atoms with Crippen molar-refractivity contribution in [2.24, 2.45) is 11.8 Å². The fraction of sp³-hybridized carbons (Fsp3) is 0.533. The molecular weight excluding hydrogens is 210 g/mol. The zero-order valence-electron chi connectivity index (χ0n) is 10.9. The lowest BCUT2D eigenvalue weighted by Crippen LogP contribution is -2.47. The molecule has 0 bridgehead atoms. The van der Waals surface area contributed by atoms with Crippen LogP contribution in [-0.4, -0.2) is 18.9 Å². The van der Waals surface area contributed by atoms with E-state index in [1.165, 1.54) is 5.56 Å². The van der Waals surface area contributed by atoms with Gasteiger partial charge in [0, 0.05) is 11.5 Å². The third kappa shape index (κ3) is 2.58. The molecule has 1 aromatic rings. The highest BCUT2D eigenvalue weighted by atomic mass is 16.1. The van der Waals surface area contributed by atoms with Gasteiger partial charge in [-0.2, -0.15) is 0 Å². The molecule has 1 N–H and O–H groups in total. The Hall–Kier alpha value is -1.15. The number of nitrogens with one attached hydrogen (secondary N) is 1. The Kier molecular flexibility index (Phi) is 3.63. The average Bonchev–Trinajstić information content (AvgIpc) is 2.25. The highest BCUT2D eigenvalue weighted by Gasteiger charge is 2.29. The molecule has 0 amide bonds. The monoisotopic (exact) mass is 231 g/mol. The molecule has 2 heteroatoms.